The summed E-state index contributed by atoms with van der Waals surface area (Å²) in [5.41, 5.74) is 0.466. The number of carbonyl (C=O) groups excluding carboxylic acids is 1. The second kappa shape index (κ2) is 7.71. The van der Waals surface area contributed by atoms with E-state index in [9.17, 15) is 13.2 Å². The fraction of sp³-hybridized carbons (Fsp3) is 0.533. The Morgan fingerprint density at radius 2 is 1.77 bits per heavy atom. The molecule has 22 heavy (non-hydrogen) atoms. The molecule has 7 heteroatoms. The Morgan fingerprint density at radius 1 is 1.14 bits per heavy atom. The molecular formula is C15H23N3O3S. The lowest BCUT2D eigenvalue weighted by Crippen LogP contribution is -2.37. The summed E-state index contributed by atoms with van der Waals surface area (Å²) in [5.74, 6) is -0.176. The van der Waals surface area contributed by atoms with Gasteiger partial charge in [-0.25, -0.2) is 13.1 Å². The average Bonchev–Trinajstić information content (AvgIpc) is 2.56. The van der Waals surface area contributed by atoms with Crippen molar-refractivity contribution < 1.29 is 13.2 Å². The summed E-state index contributed by atoms with van der Waals surface area (Å²) in [6.07, 6.45) is 3.76. The van der Waals surface area contributed by atoms with Crippen molar-refractivity contribution in [2.75, 3.05) is 33.2 Å². The molecule has 2 N–H and O–H groups in total. The first kappa shape index (κ1) is 16.9. The lowest BCUT2D eigenvalue weighted by atomic mass is 10.1. The highest BCUT2D eigenvalue weighted by atomic mass is 32.2. The van der Waals surface area contributed by atoms with Crippen molar-refractivity contribution in [3.8, 4) is 0 Å². The van der Waals surface area contributed by atoms with Crippen LogP contribution in [0.4, 0.5) is 0 Å². The van der Waals surface area contributed by atoms with E-state index in [1.807, 2.05) is 0 Å². The first-order chi connectivity index (χ1) is 10.5. The van der Waals surface area contributed by atoms with Gasteiger partial charge in [-0.3, -0.25) is 4.79 Å². The van der Waals surface area contributed by atoms with E-state index in [0.717, 1.165) is 19.6 Å². The van der Waals surface area contributed by atoms with E-state index in [2.05, 4.69) is 14.9 Å². The highest BCUT2D eigenvalue weighted by Gasteiger charge is 2.13. The third-order valence-corrected chi connectivity index (χ3v) is 5.29. The van der Waals surface area contributed by atoms with Gasteiger partial charge in [0.05, 0.1) is 4.90 Å². The number of carbonyl (C=O) groups is 1. The summed E-state index contributed by atoms with van der Waals surface area (Å²) in [6.45, 7) is 3.67. The van der Waals surface area contributed by atoms with Gasteiger partial charge in [-0.15, -0.1) is 0 Å². The molecule has 0 aliphatic carbocycles. The van der Waals surface area contributed by atoms with Crippen molar-refractivity contribution >= 4 is 15.9 Å². The maximum absolute atomic E-state index is 12.0. The van der Waals surface area contributed by atoms with Gasteiger partial charge in [0, 0.05) is 18.7 Å². The number of likely N-dealkylation sites (tertiary alicyclic amines) is 1. The van der Waals surface area contributed by atoms with Crippen molar-refractivity contribution in [1.82, 2.24) is 14.9 Å². The van der Waals surface area contributed by atoms with E-state index in [0.29, 0.717) is 12.1 Å². The molecule has 1 fully saturated rings. The number of sulfonamides is 1. The van der Waals surface area contributed by atoms with Crippen LogP contribution in [0.5, 0.6) is 0 Å². The topological polar surface area (TPSA) is 78.5 Å². The van der Waals surface area contributed by atoms with Crippen molar-refractivity contribution in [3.05, 3.63) is 29.8 Å². The minimum atomic E-state index is -3.46. The Bertz CT molecular complexity index is 593. The van der Waals surface area contributed by atoms with Gasteiger partial charge in [-0.05, 0) is 57.2 Å². The molecule has 0 atom stereocenters. The van der Waals surface area contributed by atoms with E-state index >= 15 is 0 Å². The van der Waals surface area contributed by atoms with Crippen LogP contribution in [0.25, 0.3) is 0 Å². The molecule has 1 heterocycles. The van der Waals surface area contributed by atoms with Gasteiger partial charge in [0.25, 0.3) is 5.91 Å². The quantitative estimate of drug-likeness (QED) is 0.811. The van der Waals surface area contributed by atoms with Crippen molar-refractivity contribution in [1.29, 1.82) is 0 Å². The SMILES string of the molecule is CNS(=O)(=O)c1ccc(C(=O)NCCN2CCCCC2)cc1. The molecule has 0 spiro atoms. The summed E-state index contributed by atoms with van der Waals surface area (Å²) in [6, 6.07) is 5.93. The van der Waals surface area contributed by atoms with Gasteiger partial charge in [0.1, 0.15) is 0 Å². The molecule has 1 aromatic carbocycles. The standard InChI is InChI=1S/C15H23N3O3S/c1-16-22(20,21)14-7-5-13(6-8-14)15(19)17-9-12-18-10-3-2-4-11-18/h5-8,16H,2-4,9-12H2,1H3,(H,17,19). The summed E-state index contributed by atoms with van der Waals surface area (Å²) < 4.78 is 25.5. The fourth-order valence-electron chi connectivity index (χ4n) is 2.52. The van der Waals surface area contributed by atoms with Crippen molar-refractivity contribution in [2.45, 2.75) is 24.2 Å². The summed E-state index contributed by atoms with van der Waals surface area (Å²) in [4.78, 5) is 14.5. The van der Waals surface area contributed by atoms with Gasteiger partial charge in [-0.1, -0.05) is 6.42 Å². The van der Waals surface area contributed by atoms with Crippen LogP contribution < -0.4 is 10.0 Å². The zero-order chi connectivity index (χ0) is 16.0. The van der Waals surface area contributed by atoms with Gasteiger partial charge in [0.15, 0.2) is 0 Å². The monoisotopic (exact) mass is 325 g/mol. The molecule has 2 rings (SSSR count). The van der Waals surface area contributed by atoms with Crippen LogP contribution in [0.2, 0.25) is 0 Å². The van der Waals surface area contributed by atoms with Crippen molar-refractivity contribution in [3.63, 3.8) is 0 Å². The Balaban J connectivity index is 1.84. The summed E-state index contributed by atoms with van der Waals surface area (Å²) in [5, 5.41) is 2.87. The largest absolute Gasteiger partial charge is 0.351 e. The maximum atomic E-state index is 12.0. The number of piperidine rings is 1. The van der Waals surface area contributed by atoms with Gasteiger partial charge >= 0.3 is 0 Å². The summed E-state index contributed by atoms with van der Waals surface area (Å²) >= 11 is 0. The molecule has 1 aliphatic heterocycles. The normalized spacial score (nSPS) is 16.4. The molecule has 1 aromatic rings. The second-order valence-corrected chi connectivity index (χ2v) is 7.28. The predicted molar refractivity (Wildman–Crippen MR) is 85.3 cm³/mol. The first-order valence-electron chi connectivity index (χ1n) is 7.57. The number of nitrogens with one attached hydrogen (secondary N) is 2. The lowest BCUT2D eigenvalue weighted by Gasteiger charge is -2.26. The number of amides is 1. The van der Waals surface area contributed by atoms with Crippen LogP contribution in [0, 0.1) is 0 Å². The fourth-order valence-corrected chi connectivity index (χ4v) is 3.25. The third kappa shape index (κ3) is 4.53. The molecule has 1 amide bonds. The van der Waals surface area contributed by atoms with Crippen LogP contribution in [-0.2, 0) is 10.0 Å². The minimum Gasteiger partial charge on any atom is -0.351 e. The Hall–Kier alpha value is -1.44. The lowest BCUT2D eigenvalue weighted by molar-refractivity contribution is 0.0946. The predicted octanol–water partition coefficient (Wildman–Crippen LogP) is 0.810. The van der Waals surface area contributed by atoms with E-state index in [1.54, 1.807) is 0 Å². The number of hydrogen-bond acceptors (Lipinski definition) is 4. The zero-order valence-corrected chi connectivity index (χ0v) is 13.7. The van der Waals surface area contributed by atoms with E-state index < -0.39 is 10.0 Å². The molecule has 1 aliphatic rings. The van der Waals surface area contributed by atoms with Crippen LogP contribution in [0.3, 0.4) is 0 Å². The Morgan fingerprint density at radius 3 is 2.36 bits per heavy atom. The number of benzene rings is 1. The minimum absolute atomic E-state index is 0.153. The molecule has 6 nitrogen and oxygen atoms in total. The van der Waals surface area contributed by atoms with Gasteiger partial charge in [-0.2, -0.15) is 0 Å². The van der Waals surface area contributed by atoms with Crippen LogP contribution in [0.15, 0.2) is 29.2 Å². The molecule has 0 aromatic heterocycles. The van der Waals surface area contributed by atoms with Crippen LogP contribution >= 0.6 is 0 Å². The van der Waals surface area contributed by atoms with Crippen molar-refractivity contribution in [2.24, 2.45) is 0 Å². The molecule has 0 unspecified atom stereocenters. The number of hydrogen-bond donors (Lipinski definition) is 2. The number of nitrogens with zero attached hydrogens (tertiary/aromatic N) is 1. The Labute approximate surface area is 131 Å². The van der Waals surface area contributed by atoms with Crippen LogP contribution in [-0.4, -0.2) is 52.5 Å². The molecule has 0 saturated carbocycles. The number of rotatable bonds is 6. The second-order valence-electron chi connectivity index (χ2n) is 5.39. The first-order valence-corrected chi connectivity index (χ1v) is 9.05. The van der Waals surface area contributed by atoms with Gasteiger partial charge < -0.3 is 10.2 Å². The highest BCUT2D eigenvalue weighted by molar-refractivity contribution is 7.89. The zero-order valence-electron chi connectivity index (χ0n) is 12.8. The molecule has 1 saturated heterocycles. The molecule has 122 valence electrons. The van der Waals surface area contributed by atoms with E-state index in [4.69, 9.17) is 0 Å². The van der Waals surface area contributed by atoms with E-state index in [-0.39, 0.29) is 10.8 Å². The molecule has 0 radical (unpaired) electrons. The average molecular weight is 325 g/mol. The summed E-state index contributed by atoms with van der Waals surface area (Å²) in [7, 11) is -2.10. The third-order valence-electron chi connectivity index (χ3n) is 3.86. The Kier molecular flexibility index (Phi) is 5.93. The van der Waals surface area contributed by atoms with Gasteiger partial charge in [0.2, 0.25) is 10.0 Å². The molecule has 0 bridgehead atoms. The maximum Gasteiger partial charge on any atom is 0.251 e. The van der Waals surface area contributed by atoms with E-state index in [1.165, 1.54) is 50.6 Å². The molecular weight excluding hydrogens is 302 g/mol. The van der Waals surface area contributed by atoms with Crippen LogP contribution in [0.1, 0.15) is 29.6 Å². The smallest absolute Gasteiger partial charge is 0.251 e. The highest BCUT2D eigenvalue weighted by Crippen LogP contribution is 2.10.